The number of guanidine groups is 1. The zero-order chi connectivity index (χ0) is 17.5. The molecule has 0 saturated carbocycles. The van der Waals surface area contributed by atoms with Gasteiger partial charge in [-0.05, 0) is 18.1 Å². The Kier molecular flexibility index (Phi) is 6.87. The molecule has 0 atom stereocenters. The molecule has 2 rings (SSSR count). The van der Waals surface area contributed by atoms with Gasteiger partial charge in [-0.15, -0.1) is 11.3 Å². The van der Waals surface area contributed by atoms with Crippen LogP contribution in [0.25, 0.3) is 0 Å². The topological polar surface area (TPSA) is 58.5 Å². The van der Waals surface area contributed by atoms with Gasteiger partial charge in [-0.2, -0.15) is 0 Å². The minimum atomic E-state index is 0.449. The molecule has 1 heterocycles. The number of thiazole rings is 1. The quantitative estimate of drug-likeness (QED) is 0.603. The molecule has 0 bridgehead atoms. The Hall–Kier alpha value is -1.79. The average molecular weight is 367 g/mol. The van der Waals surface area contributed by atoms with E-state index in [0.717, 1.165) is 22.0 Å². The van der Waals surface area contributed by atoms with Crippen molar-refractivity contribution < 1.29 is 4.74 Å². The summed E-state index contributed by atoms with van der Waals surface area (Å²) < 4.78 is 5.35. The number of aromatic nitrogens is 1. The standard InChI is InChI=1S/C17H23ClN4OS/c1-11(2)14-10-24-16(22-14)9-21-17(19-3)20-8-12-5-6-13(18)7-15(12)23-4/h5-7,10-11H,8-9H2,1-4H3,(H2,19,20,21). The molecule has 0 aliphatic carbocycles. The van der Waals surface area contributed by atoms with Gasteiger partial charge in [0.05, 0.1) is 19.3 Å². The van der Waals surface area contributed by atoms with Crippen LogP contribution in [-0.2, 0) is 13.1 Å². The van der Waals surface area contributed by atoms with Gasteiger partial charge >= 0.3 is 0 Å². The van der Waals surface area contributed by atoms with Crippen LogP contribution in [0.3, 0.4) is 0 Å². The lowest BCUT2D eigenvalue weighted by atomic mass is 10.2. The van der Waals surface area contributed by atoms with Crippen molar-refractivity contribution >= 4 is 28.9 Å². The van der Waals surface area contributed by atoms with E-state index in [9.17, 15) is 0 Å². The number of ether oxygens (including phenoxy) is 1. The van der Waals surface area contributed by atoms with E-state index in [-0.39, 0.29) is 0 Å². The van der Waals surface area contributed by atoms with E-state index in [0.29, 0.717) is 30.0 Å². The van der Waals surface area contributed by atoms with Crippen LogP contribution in [0.4, 0.5) is 0 Å². The van der Waals surface area contributed by atoms with Gasteiger partial charge in [0.1, 0.15) is 10.8 Å². The van der Waals surface area contributed by atoms with E-state index in [1.165, 1.54) is 0 Å². The summed E-state index contributed by atoms with van der Waals surface area (Å²) in [6, 6.07) is 5.59. The summed E-state index contributed by atoms with van der Waals surface area (Å²) in [4.78, 5) is 8.85. The van der Waals surface area contributed by atoms with E-state index in [2.05, 4.69) is 39.8 Å². The summed E-state index contributed by atoms with van der Waals surface area (Å²) in [6.45, 7) is 5.53. The van der Waals surface area contributed by atoms with Crippen LogP contribution < -0.4 is 15.4 Å². The Morgan fingerprint density at radius 3 is 2.71 bits per heavy atom. The first-order chi connectivity index (χ1) is 11.5. The number of halogens is 1. The lowest BCUT2D eigenvalue weighted by molar-refractivity contribution is 0.409. The molecule has 0 unspecified atom stereocenters. The SMILES string of the molecule is CN=C(NCc1nc(C(C)C)cs1)NCc1ccc(Cl)cc1OC. The zero-order valence-corrected chi connectivity index (χ0v) is 16.0. The number of nitrogens with one attached hydrogen (secondary N) is 2. The second kappa shape index (κ2) is 8.89. The molecule has 0 fully saturated rings. The largest absolute Gasteiger partial charge is 0.496 e. The summed E-state index contributed by atoms with van der Waals surface area (Å²) in [5.74, 6) is 1.92. The van der Waals surface area contributed by atoms with Gasteiger partial charge in [-0.3, -0.25) is 4.99 Å². The molecule has 2 N–H and O–H groups in total. The molecular weight excluding hydrogens is 344 g/mol. The number of methoxy groups -OCH3 is 1. The van der Waals surface area contributed by atoms with Gasteiger partial charge in [-0.25, -0.2) is 4.98 Å². The molecule has 5 nitrogen and oxygen atoms in total. The van der Waals surface area contributed by atoms with E-state index >= 15 is 0 Å². The minimum Gasteiger partial charge on any atom is -0.496 e. The second-order valence-corrected chi connectivity index (χ2v) is 6.94. The lowest BCUT2D eigenvalue weighted by Gasteiger charge is -2.13. The van der Waals surface area contributed by atoms with Gasteiger partial charge in [0.25, 0.3) is 0 Å². The van der Waals surface area contributed by atoms with Crippen LogP contribution in [0, 0.1) is 0 Å². The number of benzene rings is 1. The summed E-state index contributed by atoms with van der Waals surface area (Å²) >= 11 is 7.65. The molecule has 1 aromatic carbocycles. The third kappa shape index (κ3) is 5.11. The molecule has 0 amide bonds. The fraction of sp³-hybridized carbons (Fsp3) is 0.412. The molecule has 24 heavy (non-hydrogen) atoms. The molecular formula is C17H23ClN4OS. The van der Waals surface area contributed by atoms with Crippen molar-refractivity contribution in [3.63, 3.8) is 0 Å². The highest BCUT2D eigenvalue weighted by Gasteiger charge is 2.08. The molecule has 7 heteroatoms. The van der Waals surface area contributed by atoms with Crippen LogP contribution in [0.15, 0.2) is 28.6 Å². The first kappa shape index (κ1) is 18.5. The van der Waals surface area contributed by atoms with E-state index in [1.54, 1.807) is 31.6 Å². The smallest absolute Gasteiger partial charge is 0.191 e. The highest BCUT2D eigenvalue weighted by molar-refractivity contribution is 7.09. The van der Waals surface area contributed by atoms with Crippen LogP contribution >= 0.6 is 22.9 Å². The minimum absolute atomic E-state index is 0.449. The van der Waals surface area contributed by atoms with Crippen molar-refractivity contribution in [3.8, 4) is 5.75 Å². The summed E-state index contributed by atoms with van der Waals surface area (Å²) in [7, 11) is 3.38. The molecule has 0 aliphatic rings. The molecule has 0 spiro atoms. The summed E-state index contributed by atoms with van der Waals surface area (Å²) in [5.41, 5.74) is 2.15. The monoisotopic (exact) mass is 366 g/mol. The predicted molar refractivity (Wildman–Crippen MR) is 101 cm³/mol. The number of hydrogen-bond acceptors (Lipinski definition) is 4. The fourth-order valence-electron chi connectivity index (χ4n) is 2.09. The van der Waals surface area contributed by atoms with Gasteiger partial charge in [0.2, 0.25) is 0 Å². The average Bonchev–Trinajstić information content (AvgIpc) is 3.05. The highest BCUT2D eigenvalue weighted by atomic mass is 35.5. The maximum Gasteiger partial charge on any atom is 0.191 e. The third-order valence-electron chi connectivity index (χ3n) is 3.49. The second-order valence-electron chi connectivity index (χ2n) is 5.56. The first-order valence-electron chi connectivity index (χ1n) is 7.74. The van der Waals surface area contributed by atoms with Gasteiger partial charge in [0.15, 0.2) is 5.96 Å². The Balaban J connectivity index is 1.90. The molecule has 0 aliphatic heterocycles. The maximum absolute atomic E-state index is 5.99. The molecule has 0 saturated heterocycles. The molecule has 2 aromatic rings. The third-order valence-corrected chi connectivity index (χ3v) is 4.59. The van der Waals surface area contributed by atoms with E-state index < -0.39 is 0 Å². The zero-order valence-electron chi connectivity index (χ0n) is 14.4. The van der Waals surface area contributed by atoms with Crippen LogP contribution in [-0.4, -0.2) is 25.1 Å². The van der Waals surface area contributed by atoms with E-state index in [4.69, 9.17) is 16.3 Å². The van der Waals surface area contributed by atoms with Crippen LogP contribution in [0.2, 0.25) is 5.02 Å². The molecule has 130 valence electrons. The van der Waals surface area contributed by atoms with Gasteiger partial charge in [0, 0.05) is 29.6 Å². The van der Waals surface area contributed by atoms with Crippen molar-refractivity contribution in [2.24, 2.45) is 4.99 Å². The Morgan fingerprint density at radius 1 is 1.33 bits per heavy atom. The number of hydrogen-bond donors (Lipinski definition) is 2. The fourth-order valence-corrected chi connectivity index (χ4v) is 3.15. The Labute approximate surface area is 152 Å². The first-order valence-corrected chi connectivity index (χ1v) is 9.00. The molecule has 1 aromatic heterocycles. The number of nitrogens with zero attached hydrogens (tertiary/aromatic N) is 2. The van der Waals surface area contributed by atoms with Gasteiger partial charge < -0.3 is 15.4 Å². The van der Waals surface area contributed by atoms with Crippen molar-refractivity contribution in [2.45, 2.75) is 32.9 Å². The van der Waals surface area contributed by atoms with Crippen LogP contribution in [0.5, 0.6) is 5.75 Å². The normalized spacial score (nSPS) is 11.7. The Bertz CT molecular complexity index is 700. The van der Waals surface area contributed by atoms with Crippen molar-refractivity contribution in [1.29, 1.82) is 0 Å². The van der Waals surface area contributed by atoms with Crippen molar-refractivity contribution in [1.82, 2.24) is 15.6 Å². The highest BCUT2D eigenvalue weighted by Crippen LogP contribution is 2.23. The van der Waals surface area contributed by atoms with Crippen molar-refractivity contribution in [2.75, 3.05) is 14.2 Å². The van der Waals surface area contributed by atoms with Crippen LogP contribution in [0.1, 0.15) is 36.0 Å². The van der Waals surface area contributed by atoms with E-state index in [1.807, 2.05) is 12.1 Å². The van der Waals surface area contributed by atoms with Gasteiger partial charge in [-0.1, -0.05) is 31.5 Å². The van der Waals surface area contributed by atoms with Crippen molar-refractivity contribution in [3.05, 3.63) is 44.9 Å². The summed E-state index contributed by atoms with van der Waals surface area (Å²) in [6.07, 6.45) is 0. The summed E-state index contributed by atoms with van der Waals surface area (Å²) in [5, 5.41) is 10.4. The number of rotatable bonds is 6. The lowest BCUT2D eigenvalue weighted by Crippen LogP contribution is -2.36. The Morgan fingerprint density at radius 2 is 2.08 bits per heavy atom. The molecule has 0 radical (unpaired) electrons. The number of aliphatic imine (C=N–C) groups is 1. The maximum atomic E-state index is 5.99. The predicted octanol–water partition coefficient (Wildman–Crippen LogP) is 3.79.